The molecule has 0 fully saturated rings. The van der Waals surface area contributed by atoms with Crippen molar-refractivity contribution in [3.8, 4) is 17.1 Å². The standard InChI is InChI=1S/C41H24BN3O/c1-23-21-32-35-33(22-23)45-37-28(41-40(45)26-14-6-8-20-34(26)46-41)16-10-18-30(37)42(35)29-17-9-15-27-36(29)44(32)38-25-13-5-7-19-31(25)43(39(27)38)24-11-3-2-4-12-24/h2-22H,1H3. The average molecular weight is 585 g/mol. The molecule has 2 aliphatic heterocycles. The predicted molar refractivity (Wildman–Crippen MR) is 191 cm³/mol. The second-order valence-electron chi connectivity index (χ2n) is 13.0. The summed E-state index contributed by atoms with van der Waals surface area (Å²) in [6, 6.07) is 46.7. The van der Waals surface area contributed by atoms with Crippen molar-refractivity contribution >= 4 is 88.9 Å². The highest BCUT2D eigenvalue weighted by Gasteiger charge is 2.42. The molecule has 4 nitrogen and oxygen atoms in total. The number of aromatic nitrogens is 3. The Bertz CT molecular complexity index is 2990. The fraction of sp³-hybridized carbons (Fsp3) is 0.0244. The van der Waals surface area contributed by atoms with Crippen LogP contribution in [0.25, 0.3) is 82.9 Å². The van der Waals surface area contributed by atoms with Gasteiger partial charge in [-0.05, 0) is 77.4 Å². The molecule has 6 heterocycles. The van der Waals surface area contributed by atoms with Crippen LogP contribution in [0.3, 0.4) is 0 Å². The molecule has 212 valence electrons. The molecule has 0 bridgehead atoms. The summed E-state index contributed by atoms with van der Waals surface area (Å²) in [7, 11) is 0. The lowest BCUT2D eigenvalue weighted by molar-refractivity contribution is 0.673. The fourth-order valence-electron chi connectivity index (χ4n) is 9.05. The van der Waals surface area contributed by atoms with Gasteiger partial charge in [0.05, 0.1) is 27.6 Å². The van der Waals surface area contributed by atoms with Crippen molar-refractivity contribution in [2.45, 2.75) is 6.92 Å². The number of hydrogen-bond acceptors (Lipinski definition) is 1. The zero-order valence-corrected chi connectivity index (χ0v) is 25.0. The van der Waals surface area contributed by atoms with Crippen LogP contribution in [0.2, 0.25) is 0 Å². The van der Waals surface area contributed by atoms with E-state index in [4.69, 9.17) is 4.42 Å². The molecule has 0 saturated heterocycles. The maximum absolute atomic E-state index is 6.62. The van der Waals surface area contributed by atoms with Crippen LogP contribution >= 0.6 is 0 Å². The number of fused-ring (bicyclic) bond motifs is 14. The third kappa shape index (κ3) is 2.52. The van der Waals surface area contributed by atoms with E-state index in [1.54, 1.807) is 0 Å². The van der Waals surface area contributed by atoms with Crippen LogP contribution in [-0.2, 0) is 0 Å². The minimum absolute atomic E-state index is 0.110. The quantitative estimate of drug-likeness (QED) is 0.179. The normalized spacial score (nSPS) is 13.3. The summed E-state index contributed by atoms with van der Waals surface area (Å²) in [5, 5.41) is 4.88. The average Bonchev–Trinajstić information content (AvgIpc) is 3.82. The van der Waals surface area contributed by atoms with Gasteiger partial charge < -0.3 is 18.1 Å². The van der Waals surface area contributed by atoms with Crippen molar-refractivity contribution < 1.29 is 4.42 Å². The van der Waals surface area contributed by atoms with Gasteiger partial charge in [0.15, 0.2) is 5.58 Å². The van der Waals surface area contributed by atoms with Gasteiger partial charge in [0.2, 0.25) is 0 Å². The Labute approximate surface area is 263 Å². The summed E-state index contributed by atoms with van der Waals surface area (Å²) in [5.41, 5.74) is 18.4. The van der Waals surface area contributed by atoms with Crippen LogP contribution in [0.5, 0.6) is 0 Å². The van der Waals surface area contributed by atoms with E-state index < -0.39 is 0 Å². The molecule has 0 atom stereocenters. The molecular formula is C41H24BN3O. The Morgan fingerprint density at radius 2 is 1.11 bits per heavy atom. The Hall–Kier alpha value is -5.94. The molecule has 0 N–H and O–H groups in total. The van der Waals surface area contributed by atoms with E-state index in [2.05, 4.69) is 148 Å². The van der Waals surface area contributed by atoms with Gasteiger partial charge in [-0.3, -0.25) is 0 Å². The molecule has 10 aromatic rings. The van der Waals surface area contributed by atoms with Crippen LogP contribution < -0.4 is 16.4 Å². The highest BCUT2D eigenvalue weighted by Crippen LogP contribution is 2.44. The molecule has 46 heavy (non-hydrogen) atoms. The molecule has 4 aromatic heterocycles. The van der Waals surface area contributed by atoms with Gasteiger partial charge in [-0.15, -0.1) is 0 Å². The molecule has 12 rings (SSSR count). The van der Waals surface area contributed by atoms with Crippen LogP contribution in [0, 0.1) is 6.92 Å². The van der Waals surface area contributed by atoms with Crippen LogP contribution in [0.4, 0.5) is 0 Å². The van der Waals surface area contributed by atoms with Crippen LogP contribution in [-0.4, -0.2) is 20.4 Å². The van der Waals surface area contributed by atoms with E-state index in [9.17, 15) is 0 Å². The Balaban J connectivity index is 1.33. The third-order valence-corrected chi connectivity index (χ3v) is 10.6. The number of rotatable bonds is 1. The van der Waals surface area contributed by atoms with E-state index in [1.165, 1.54) is 82.8 Å². The first-order valence-corrected chi connectivity index (χ1v) is 16.0. The predicted octanol–water partition coefficient (Wildman–Crippen LogP) is 8.02. The van der Waals surface area contributed by atoms with Crippen LogP contribution in [0.15, 0.2) is 132 Å². The lowest BCUT2D eigenvalue weighted by Crippen LogP contribution is -2.59. The van der Waals surface area contributed by atoms with Gasteiger partial charge in [0.25, 0.3) is 6.71 Å². The van der Waals surface area contributed by atoms with Gasteiger partial charge in [0, 0.05) is 38.6 Å². The van der Waals surface area contributed by atoms with Crippen molar-refractivity contribution in [2.24, 2.45) is 0 Å². The highest BCUT2D eigenvalue weighted by atomic mass is 16.3. The van der Waals surface area contributed by atoms with Gasteiger partial charge in [-0.2, -0.15) is 0 Å². The van der Waals surface area contributed by atoms with Gasteiger partial charge in [-0.25, -0.2) is 0 Å². The van der Waals surface area contributed by atoms with E-state index >= 15 is 0 Å². The van der Waals surface area contributed by atoms with E-state index in [-0.39, 0.29) is 6.71 Å². The first kappa shape index (κ1) is 23.4. The summed E-state index contributed by atoms with van der Waals surface area (Å²) < 4.78 is 14.2. The monoisotopic (exact) mass is 585 g/mol. The fourth-order valence-corrected chi connectivity index (χ4v) is 9.05. The number of nitrogens with zero attached hydrogens (tertiary/aromatic N) is 3. The lowest BCUT2D eigenvalue weighted by atomic mass is 9.34. The largest absolute Gasteiger partial charge is 0.454 e. The molecule has 0 saturated carbocycles. The summed E-state index contributed by atoms with van der Waals surface area (Å²) in [4.78, 5) is 0. The number of aryl methyl sites for hydroxylation is 1. The molecule has 0 aliphatic carbocycles. The summed E-state index contributed by atoms with van der Waals surface area (Å²) in [5.74, 6) is 0. The van der Waals surface area contributed by atoms with Gasteiger partial charge in [0.1, 0.15) is 11.1 Å². The Kier molecular flexibility index (Phi) is 3.99. The third-order valence-electron chi connectivity index (χ3n) is 10.6. The maximum atomic E-state index is 6.62. The van der Waals surface area contributed by atoms with Crippen molar-refractivity contribution in [1.82, 2.24) is 13.7 Å². The van der Waals surface area contributed by atoms with Crippen LogP contribution in [0.1, 0.15) is 5.56 Å². The van der Waals surface area contributed by atoms with E-state index in [0.717, 1.165) is 22.1 Å². The molecule has 5 heteroatoms. The molecule has 2 aliphatic rings. The van der Waals surface area contributed by atoms with Crippen molar-refractivity contribution in [3.63, 3.8) is 0 Å². The molecule has 0 unspecified atom stereocenters. The SMILES string of the molecule is Cc1cc2c3c(c1)-n1c4c(cccc4c4c1c1ccccc1n4-c1ccccc1)B3c1cccc3c4oc5ccccc5c4n-2c13. The number of hydrogen-bond donors (Lipinski definition) is 0. The first-order chi connectivity index (χ1) is 22.8. The number of furan rings is 1. The summed E-state index contributed by atoms with van der Waals surface area (Å²) in [6.45, 7) is 2.35. The first-order valence-electron chi connectivity index (χ1n) is 16.0. The lowest BCUT2D eigenvalue weighted by Gasteiger charge is -2.33. The second-order valence-corrected chi connectivity index (χ2v) is 13.0. The topological polar surface area (TPSA) is 27.9 Å². The molecule has 0 amide bonds. The highest BCUT2D eigenvalue weighted by molar-refractivity contribution is 7.00. The minimum Gasteiger partial charge on any atom is -0.454 e. The zero-order chi connectivity index (χ0) is 29.8. The van der Waals surface area contributed by atoms with Crippen molar-refractivity contribution in [2.75, 3.05) is 0 Å². The molecular weight excluding hydrogens is 561 g/mol. The van der Waals surface area contributed by atoms with Gasteiger partial charge in [-0.1, -0.05) is 78.9 Å². The maximum Gasteiger partial charge on any atom is 0.252 e. The van der Waals surface area contributed by atoms with Gasteiger partial charge >= 0.3 is 0 Å². The molecule has 0 radical (unpaired) electrons. The Morgan fingerprint density at radius 3 is 1.91 bits per heavy atom. The number of para-hydroxylation sites is 5. The number of benzene rings is 6. The molecule has 6 aromatic carbocycles. The summed E-state index contributed by atoms with van der Waals surface area (Å²) in [6.07, 6.45) is 0. The minimum atomic E-state index is 0.110. The smallest absolute Gasteiger partial charge is 0.252 e. The Morgan fingerprint density at radius 1 is 0.500 bits per heavy atom. The van der Waals surface area contributed by atoms with Crippen molar-refractivity contribution in [3.05, 3.63) is 133 Å². The molecule has 0 spiro atoms. The zero-order valence-electron chi connectivity index (χ0n) is 25.0. The van der Waals surface area contributed by atoms with E-state index in [0.29, 0.717) is 0 Å². The second kappa shape index (κ2) is 7.82. The van der Waals surface area contributed by atoms with Crippen molar-refractivity contribution in [1.29, 1.82) is 0 Å². The summed E-state index contributed by atoms with van der Waals surface area (Å²) >= 11 is 0. The van der Waals surface area contributed by atoms with E-state index in [1.807, 2.05) is 0 Å².